The molecule has 31 heavy (non-hydrogen) atoms. The molecule has 5 rings (SSSR count). The maximum Gasteiger partial charge on any atom is 0.237 e. The summed E-state index contributed by atoms with van der Waals surface area (Å²) >= 11 is 7.40. The van der Waals surface area contributed by atoms with E-state index in [-0.39, 0.29) is 0 Å². The van der Waals surface area contributed by atoms with Gasteiger partial charge in [-0.25, -0.2) is 0 Å². The lowest BCUT2D eigenvalue weighted by Crippen LogP contribution is -2.03. The van der Waals surface area contributed by atoms with Crippen LogP contribution in [0, 0.1) is 0 Å². The number of furan rings is 1. The smallest absolute Gasteiger partial charge is 0.237 e. The molecule has 0 spiro atoms. The van der Waals surface area contributed by atoms with Crippen LogP contribution in [0.3, 0.4) is 0 Å². The summed E-state index contributed by atoms with van der Waals surface area (Å²) in [5, 5.41) is 14.2. The van der Waals surface area contributed by atoms with E-state index in [1.54, 1.807) is 30.8 Å². The quantitative estimate of drug-likeness (QED) is 0.320. The number of hydrogen-bond acceptors (Lipinski definition) is 8. The van der Waals surface area contributed by atoms with E-state index in [0.29, 0.717) is 40.0 Å². The van der Waals surface area contributed by atoms with E-state index in [2.05, 4.69) is 25.3 Å². The molecule has 0 unspecified atom stereocenters. The highest BCUT2D eigenvalue weighted by atomic mass is 35.5. The normalized spacial score (nSPS) is 11.1. The molecule has 5 aromatic rings. The highest BCUT2D eigenvalue weighted by Gasteiger charge is 2.17. The van der Waals surface area contributed by atoms with Crippen LogP contribution in [0.25, 0.3) is 22.8 Å². The number of benzene rings is 1. The van der Waals surface area contributed by atoms with Crippen molar-refractivity contribution in [3.8, 4) is 22.8 Å². The summed E-state index contributed by atoms with van der Waals surface area (Å²) in [7, 11) is 0. The summed E-state index contributed by atoms with van der Waals surface area (Å²) in [6.07, 6.45) is 5.13. The maximum atomic E-state index is 5.94. The van der Waals surface area contributed by atoms with Gasteiger partial charge in [-0.2, -0.15) is 4.98 Å². The van der Waals surface area contributed by atoms with Crippen molar-refractivity contribution in [1.29, 1.82) is 0 Å². The molecule has 0 saturated carbocycles. The molecule has 8 nitrogen and oxygen atoms in total. The van der Waals surface area contributed by atoms with Gasteiger partial charge in [0.15, 0.2) is 11.0 Å². The van der Waals surface area contributed by atoms with Gasteiger partial charge in [0.25, 0.3) is 0 Å². The fourth-order valence-corrected chi connectivity index (χ4v) is 3.86. The third-order valence-corrected chi connectivity index (χ3v) is 5.63. The third-order valence-electron chi connectivity index (χ3n) is 4.43. The van der Waals surface area contributed by atoms with Crippen molar-refractivity contribution >= 4 is 23.4 Å². The number of nitrogens with zero attached hydrogens (tertiary/aromatic N) is 6. The van der Waals surface area contributed by atoms with Crippen molar-refractivity contribution in [3.05, 3.63) is 83.9 Å². The van der Waals surface area contributed by atoms with Gasteiger partial charge in [-0.15, -0.1) is 10.2 Å². The van der Waals surface area contributed by atoms with Crippen LogP contribution in [0.4, 0.5) is 0 Å². The zero-order valence-corrected chi connectivity index (χ0v) is 17.6. The lowest BCUT2D eigenvalue weighted by molar-refractivity contribution is 0.391. The first-order valence-corrected chi connectivity index (χ1v) is 10.7. The molecule has 0 bridgehead atoms. The summed E-state index contributed by atoms with van der Waals surface area (Å²) in [5.41, 5.74) is 1.71. The van der Waals surface area contributed by atoms with Crippen LogP contribution < -0.4 is 0 Å². The number of aromatic nitrogens is 6. The SMILES string of the molecule is Clc1ccc(-c2noc(CSc3nnc(-c4cccnc4)n3Cc3ccco3)n2)cc1. The van der Waals surface area contributed by atoms with Gasteiger partial charge in [0, 0.05) is 28.5 Å². The molecule has 0 amide bonds. The molecule has 0 aliphatic carbocycles. The fourth-order valence-electron chi connectivity index (χ4n) is 2.96. The maximum absolute atomic E-state index is 5.94. The molecular formula is C21H15ClN6O2S. The first-order valence-electron chi connectivity index (χ1n) is 9.33. The predicted molar refractivity (Wildman–Crippen MR) is 115 cm³/mol. The van der Waals surface area contributed by atoms with Crippen molar-refractivity contribution < 1.29 is 8.94 Å². The van der Waals surface area contributed by atoms with Gasteiger partial charge in [-0.3, -0.25) is 9.55 Å². The minimum Gasteiger partial charge on any atom is -0.467 e. The van der Waals surface area contributed by atoms with Gasteiger partial charge >= 0.3 is 0 Å². The molecule has 0 radical (unpaired) electrons. The van der Waals surface area contributed by atoms with Crippen molar-refractivity contribution in [2.75, 3.05) is 0 Å². The summed E-state index contributed by atoms with van der Waals surface area (Å²) < 4.78 is 12.9. The zero-order chi connectivity index (χ0) is 21.0. The molecule has 1 aromatic carbocycles. The molecule has 0 aliphatic heterocycles. The van der Waals surface area contributed by atoms with Crippen molar-refractivity contribution in [2.24, 2.45) is 0 Å². The van der Waals surface area contributed by atoms with Crippen LogP contribution in [-0.2, 0) is 12.3 Å². The lowest BCUT2D eigenvalue weighted by Gasteiger charge is -2.08. The largest absolute Gasteiger partial charge is 0.467 e. The van der Waals surface area contributed by atoms with Crippen LogP contribution in [0.1, 0.15) is 11.7 Å². The van der Waals surface area contributed by atoms with E-state index < -0.39 is 0 Å². The van der Waals surface area contributed by atoms with Gasteiger partial charge in [-0.05, 0) is 48.5 Å². The number of rotatable bonds is 7. The Kier molecular flexibility index (Phi) is 5.51. The molecule has 0 fully saturated rings. The topological polar surface area (TPSA) is 95.7 Å². The van der Waals surface area contributed by atoms with E-state index >= 15 is 0 Å². The Morgan fingerprint density at radius 3 is 2.68 bits per heavy atom. The Morgan fingerprint density at radius 2 is 1.90 bits per heavy atom. The Bertz CT molecular complexity index is 1270. The Balaban J connectivity index is 1.38. The van der Waals surface area contributed by atoms with Crippen LogP contribution in [0.5, 0.6) is 0 Å². The van der Waals surface area contributed by atoms with Gasteiger partial charge in [0.1, 0.15) is 5.76 Å². The molecule has 10 heteroatoms. The van der Waals surface area contributed by atoms with E-state index in [1.807, 2.05) is 41.0 Å². The average molecular weight is 451 g/mol. The van der Waals surface area contributed by atoms with E-state index in [0.717, 1.165) is 16.9 Å². The van der Waals surface area contributed by atoms with Gasteiger partial charge in [0.05, 0.1) is 18.6 Å². The van der Waals surface area contributed by atoms with E-state index in [1.165, 1.54) is 11.8 Å². The van der Waals surface area contributed by atoms with Crippen molar-refractivity contribution in [2.45, 2.75) is 17.5 Å². The highest BCUT2D eigenvalue weighted by Crippen LogP contribution is 2.27. The van der Waals surface area contributed by atoms with E-state index in [4.69, 9.17) is 20.5 Å². The second-order valence-corrected chi connectivity index (χ2v) is 7.90. The van der Waals surface area contributed by atoms with E-state index in [9.17, 15) is 0 Å². The van der Waals surface area contributed by atoms with Gasteiger partial charge < -0.3 is 8.94 Å². The van der Waals surface area contributed by atoms with Crippen LogP contribution in [0.2, 0.25) is 5.02 Å². The van der Waals surface area contributed by atoms with Gasteiger partial charge in [-0.1, -0.05) is 28.5 Å². The molecule has 4 heterocycles. The van der Waals surface area contributed by atoms with Crippen LogP contribution in [-0.4, -0.2) is 29.9 Å². The van der Waals surface area contributed by atoms with Crippen molar-refractivity contribution in [3.63, 3.8) is 0 Å². The average Bonchev–Trinajstić information content (AvgIpc) is 3.56. The molecule has 154 valence electrons. The van der Waals surface area contributed by atoms with Gasteiger partial charge in [0.2, 0.25) is 11.7 Å². The molecule has 0 atom stereocenters. The van der Waals surface area contributed by atoms with Crippen molar-refractivity contribution in [1.82, 2.24) is 29.9 Å². The minimum atomic E-state index is 0.448. The second kappa shape index (κ2) is 8.75. The summed E-state index contributed by atoms with van der Waals surface area (Å²) in [5.74, 6) is 2.96. The number of pyridine rings is 1. The number of thioether (sulfide) groups is 1. The predicted octanol–water partition coefficient (Wildman–Crippen LogP) is 4.98. The summed E-state index contributed by atoms with van der Waals surface area (Å²) in [6, 6.07) is 14.9. The Labute approximate surface area is 186 Å². The highest BCUT2D eigenvalue weighted by molar-refractivity contribution is 7.98. The second-order valence-electron chi connectivity index (χ2n) is 6.52. The van der Waals surface area contributed by atoms with Crippen LogP contribution >= 0.6 is 23.4 Å². The number of hydrogen-bond donors (Lipinski definition) is 0. The lowest BCUT2D eigenvalue weighted by atomic mass is 10.2. The first-order chi connectivity index (χ1) is 15.3. The molecule has 0 aliphatic rings. The molecular weight excluding hydrogens is 436 g/mol. The molecule has 4 aromatic heterocycles. The number of halogens is 1. The summed E-state index contributed by atoms with van der Waals surface area (Å²) in [4.78, 5) is 8.65. The standard InChI is InChI=1S/C21H15ClN6O2S/c22-16-7-5-14(6-8-16)19-24-18(30-27-19)13-31-21-26-25-20(15-3-1-9-23-11-15)28(21)12-17-4-2-10-29-17/h1-11H,12-13H2. The first kappa shape index (κ1) is 19.5. The summed E-state index contributed by atoms with van der Waals surface area (Å²) in [6.45, 7) is 0.492. The molecule has 0 N–H and O–H groups in total. The third kappa shape index (κ3) is 4.37. The fraction of sp³-hybridized carbons (Fsp3) is 0.0952. The minimum absolute atomic E-state index is 0.448. The monoisotopic (exact) mass is 450 g/mol. The molecule has 0 saturated heterocycles. The zero-order valence-electron chi connectivity index (χ0n) is 16.1. The Morgan fingerprint density at radius 1 is 1.00 bits per heavy atom. The van der Waals surface area contributed by atoms with Crippen LogP contribution in [0.15, 0.2) is 81.3 Å². The Hall–Kier alpha value is -3.43.